The number of aryl methyl sites for hydroxylation is 3. The first-order chi connectivity index (χ1) is 67.7. The van der Waals surface area contributed by atoms with Crippen LogP contribution in [0.2, 0.25) is 0 Å². The highest BCUT2D eigenvalue weighted by atomic mass is 79.9. The molecule has 39 nitrogen and oxygen atoms in total. The normalized spacial score (nSPS) is 19.7. The second-order valence-corrected chi connectivity index (χ2v) is 40.8. The van der Waals surface area contributed by atoms with Gasteiger partial charge in [0.15, 0.2) is 43.9 Å². The van der Waals surface area contributed by atoms with Crippen LogP contribution in [0, 0.1) is 0 Å². The standard InChI is InChI=1S/C23H22BrN5O2.C20H19BrN6O2S.C19H25N7O.C18H20N6O2.C18H22N6O2/c24-19-20(14-5-7-23(8-6-14)30-9-10-31-23)28-22-17(13-27-29(22)21(19)25)16-11-15-3-1-2-4-18(15)26-12-16;21-17-18(22)27-19(25-20(17)26-6-3-8-30(28,29)9-7-26)15(12-24-27)14-10-13-4-1-2-5-16(13)23-11-14;1-24(2)19(27)15-5-4-12(9-21-15)16-8-17(20)26-18(23-16)14(10-22-26)13-6-7-25(3)11-13;1-22-5-4-11(8-22)14-7-20-24-16(19)6-15(21-17(14)24)12-2-3-13-10-26-18(25)23(13)9-12;1-23-6-5-12(10-23)13-9-21-24-16(19)7-15(22-17(13)24)11-3-4-14(20-8-11)18(25)26-2/h1-4,11-14H,5-10,25H2;1-2,4-5,10-12H,3,6-9,22H2;6-8,10-12,15,21H,4-5,9,20H2,1-3H3;4-8,12-13H,2-3,9-10,19H2,1H3;5-7,9-11,14,20H,3-4,8,19H2,1-2H3. The molecule has 6 atom stereocenters. The lowest BCUT2D eigenvalue weighted by Crippen LogP contribution is -2.48. The van der Waals surface area contributed by atoms with Gasteiger partial charge in [0.05, 0.1) is 113 Å². The fourth-order valence-electron chi connectivity index (χ4n) is 19.8. The van der Waals surface area contributed by atoms with Crippen LogP contribution >= 0.6 is 31.9 Å². The van der Waals surface area contributed by atoms with Gasteiger partial charge in [0.1, 0.15) is 52.0 Å². The van der Waals surface area contributed by atoms with Gasteiger partial charge in [-0.05, 0) is 132 Å². The summed E-state index contributed by atoms with van der Waals surface area (Å²) in [5.41, 5.74) is 50.4. The van der Waals surface area contributed by atoms with Crippen molar-refractivity contribution >= 4 is 145 Å². The molecule has 2 amide bonds. The molecule has 0 bridgehead atoms. The van der Waals surface area contributed by atoms with E-state index in [-0.39, 0.29) is 71.3 Å². The summed E-state index contributed by atoms with van der Waals surface area (Å²) in [7, 11) is 7.91. The fourth-order valence-corrected chi connectivity index (χ4v) is 22.2. The van der Waals surface area contributed by atoms with E-state index in [1.54, 1.807) is 66.4 Å². The SMILES string of the molecule is CN(C)C(=O)C1CCC(c2cc(N)n3ncc(-c4ccn(C)c4)c3n2)CN1.COC(=O)C1CCC(c2cc(N)n3ncc(-c4ccn(C)c4)c3n2)CN1.Cn1ccc(-c2cnn3c(N)cc(C4CCC5COC(=O)N5C4)nc23)c1.Nc1c(Br)c(C2CCC3(CC2)OCCO3)nc2c(-c3cnc4ccccc4c3)cnn12.Nc1c(Br)c(N2CCCS(=O)(=O)CC2)nc2c(-c3cnc4ccccc4c3)cnn12. The number of halogens is 2. The van der Waals surface area contributed by atoms with E-state index >= 15 is 0 Å². The highest BCUT2D eigenvalue weighted by Crippen LogP contribution is 2.47. The van der Waals surface area contributed by atoms with Crippen LogP contribution in [0.15, 0.2) is 187 Å². The molecular formula is C98H108Br2N30O9S. The smallest absolute Gasteiger partial charge is 0.410 e. The highest BCUT2D eigenvalue weighted by Gasteiger charge is 2.43. The zero-order chi connectivity index (χ0) is 97.1. The number of piperidine rings is 3. The number of aromatic nitrogens is 20. The number of likely N-dealkylation sites (N-methyl/N-ethyl adjacent to an activating group) is 1. The first-order valence-electron chi connectivity index (χ1n) is 46.7. The number of methoxy groups -OCH3 is 1. The fraction of sp³-hybridized carbons (Fsp3) is 0.357. The highest BCUT2D eigenvalue weighted by molar-refractivity contribution is 9.11. The number of fused-ring (bicyclic) bond motifs is 8. The van der Waals surface area contributed by atoms with Crippen molar-refractivity contribution in [1.82, 2.24) is 117 Å². The molecule has 17 aromatic rings. The van der Waals surface area contributed by atoms with Gasteiger partial charge in [-0.2, -0.15) is 48.1 Å². The van der Waals surface area contributed by atoms with Crippen molar-refractivity contribution < 1.29 is 41.7 Å². The summed E-state index contributed by atoms with van der Waals surface area (Å²) < 4.78 is 61.5. The molecule has 6 saturated heterocycles. The molecule has 7 fully saturated rings. The maximum atomic E-state index is 12.2. The molecule has 2 aromatic carbocycles. The second-order valence-electron chi connectivity index (χ2n) is 36.9. The molecular weight excluding hydrogens is 1930 g/mol. The molecule has 140 heavy (non-hydrogen) atoms. The van der Waals surface area contributed by atoms with E-state index < -0.39 is 15.6 Å². The topological polar surface area (TPSA) is 478 Å². The number of nitrogens with two attached hydrogens (primary N) is 5. The van der Waals surface area contributed by atoms with Crippen molar-refractivity contribution in [3.63, 3.8) is 0 Å². The third-order valence-corrected chi connectivity index (χ3v) is 30.8. The van der Waals surface area contributed by atoms with Gasteiger partial charge in [-0.3, -0.25) is 19.6 Å². The maximum Gasteiger partial charge on any atom is 0.410 e. The summed E-state index contributed by atoms with van der Waals surface area (Å²) in [6, 6.07) is 31.8. The van der Waals surface area contributed by atoms with Crippen LogP contribution in [0.5, 0.6) is 0 Å². The van der Waals surface area contributed by atoms with Gasteiger partial charge >= 0.3 is 12.1 Å². The average Bonchev–Trinajstić information content (AvgIpc) is 1.66. The van der Waals surface area contributed by atoms with E-state index in [1.807, 2.05) is 179 Å². The molecule has 1 spiro atoms. The second kappa shape index (κ2) is 39.0. The van der Waals surface area contributed by atoms with Gasteiger partial charge in [0, 0.05) is 239 Å². The minimum absolute atomic E-state index is 0.104. The number of hydrogen-bond donors (Lipinski definition) is 7. The summed E-state index contributed by atoms with van der Waals surface area (Å²) >= 11 is 7.22. The van der Waals surface area contributed by atoms with E-state index in [0.29, 0.717) is 104 Å². The van der Waals surface area contributed by atoms with Gasteiger partial charge in [-0.1, -0.05) is 36.4 Å². The van der Waals surface area contributed by atoms with E-state index in [0.717, 1.165) is 191 Å². The van der Waals surface area contributed by atoms with Crippen LogP contribution in [-0.4, -0.2) is 242 Å². The van der Waals surface area contributed by atoms with Crippen molar-refractivity contribution in [2.45, 2.75) is 118 Å². The molecule has 6 unspecified atom stereocenters. The molecule has 24 rings (SSSR count). The Morgan fingerprint density at radius 3 is 1.43 bits per heavy atom. The predicted octanol–water partition coefficient (Wildman–Crippen LogP) is 12.2. The number of nitrogens with zero attached hydrogens (tertiary/aromatic N) is 23. The lowest BCUT2D eigenvalue weighted by atomic mass is 9.83. The molecule has 0 radical (unpaired) electrons. The van der Waals surface area contributed by atoms with Crippen molar-refractivity contribution in [3.8, 4) is 55.6 Å². The minimum Gasteiger partial charge on any atom is -0.468 e. The zero-order valence-electron chi connectivity index (χ0n) is 78.1. The number of amides is 2. The number of nitrogens with one attached hydrogen (secondary N) is 2. The number of nitrogen functional groups attached to an aromatic ring is 5. The third-order valence-electron chi connectivity index (χ3n) is 27.5. The van der Waals surface area contributed by atoms with Gasteiger partial charge in [-0.25, -0.2) is 38.1 Å². The molecule has 1 saturated carbocycles. The van der Waals surface area contributed by atoms with Gasteiger partial charge in [-0.15, -0.1) is 0 Å². The summed E-state index contributed by atoms with van der Waals surface area (Å²) in [6.07, 6.45) is 33.8. The van der Waals surface area contributed by atoms with E-state index in [4.69, 9.17) is 72.5 Å². The molecule has 724 valence electrons. The van der Waals surface area contributed by atoms with Crippen LogP contribution in [0.3, 0.4) is 0 Å². The summed E-state index contributed by atoms with van der Waals surface area (Å²) in [6.45, 7) is 4.85. The Kier molecular flexibility index (Phi) is 26.1. The van der Waals surface area contributed by atoms with Crippen LogP contribution < -0.4 is 44.2 Å². The molecule has 42 heteroatoms. The maximum absolute atomic E-state index is 12.2. The van der Waals surface area contributed by atoms with Crippen LogP contribution in [-0.2, 0) is 59.5 Å². The molecule has 1 aliphatic carbocycles. The summed E-state index contributed by atoms with van der Waals surface area (Å²) in [5, 5.41) is 30.8. The largest absolute Gasteiger partial charge is 0.468 e. The van der Waals surface area contributed by atoms with Crippen LogP contribution in [0.4, 0.5) is 39.7 Å². The molecule has 7 aliphatic rings. The van der Waals surface area contributed by atoms with Crippen molar-refractivity contribution in [2.24, 2.45) is 21.1 Å². The van der Waals surface area contributed by atoms with E-state index in [2.05, 4.69) is 96.2 Å². The molecule has 21 heterocycles. The lowest BCUT2D eigenvalue weighted by Gasteiger charge is -2.35. The van der Waals surface area contributed by atoms with Crippen LogP contribution in [0.25, 0.3) is 106 Å². The number of carbonyl (C=O) groups is 3. The predicted molar refractivity (Wildman–Crippen MR) is 540 cm³/mol. The zero-order valence-corrected chi connectivity index (χ0v) is 82.1. The van der Waals surface area contributed by atoms with Gasteiger partial charge in [0.2, 0.25) is 5.91 Å². The number of para-hydroxylation sites is 2. The number of anilines is 6. The van der Waals surface area contributed by atoms with Crippen LogP contribution in [0.1, 0.15) is 117 Å². The van der Waals surface area contributed by atoms with Crippen molar-refractivity contribution in [2.75, 3.05) is 119 Å². The summed E-state index contributed by atoms with van der Waals surface area (Å²) in [5.74, 6) is 3.98. The Hall–Kier alpha value is -14.0. The third kappa shape index (κ3) is 18.8. The molecule has 15 aromatic heterocycles. The number of benzene rings is 2. The average molecular weight is 2040 g/mol. The Bertz CT molecular complexity index is 7680. The van der Waals surface area contributed by atoms with E-state index in [9.17, 15) is 22.8 Å². The number of pyridine rings is 2. The Balaban J connectivity index is 0.000000108. The number of cyclic esters (lactones) is 1. The van der Waals surface area contributed by atoms with Gasteiger partial charge in [0.25, 0.3) is 0 Å². The number of carbonyl (C=O) groups excluding carboxylic acids is 3. The van der Waals surface area contributed by atoms with E-state index in [1.165, 1.54) is 7.11 Å². The Morgan fingerprint density at radius 1 is 0.507 bits per heavy atom. The number of sulfone groups is 1. The Morgan fingerprint density at radius 2 is 0.957 bits per heavy atom. The first-order valence-corrected chi connectivity index (χ1v) is 50.1. The number of rotatable bonds is 12. The first kappa shape index (κ1) is 93.6. The number of ether oxygens (including phenoxy) is 4. The summed E-state index contributed by atoms with van der Waals surface area (Å²) in [4.78, 5) is 74.8. The molecule has 6 aliphatic heterocycles. The van der Waals surface area contributed by atoms with Crippen molar-refractivity contribution in [3.05, 3.63) is 209 Å². The van der Waals surface area contributed by atoms with Crippen molar-refractivity contribution in [1.29, 1.82) is 0 Å². The Labute approximate surface area is 821 Å². The monoisotopic (exact) mass is 2040 g/mol. The molecule has 12 N–H and O–H groups in total. The lowest BCUT2D eigenvalue weighted by molar-refractivity contribution is -0.179. The quantitative estimate of drug-likeness (QED) is 0.0559. The minimum atomic E-state index is -3.03. The number of hydrogen-bond acceptors (Lipinski definition) is 29. The van der Waals surface area contributed by atoms with Gasteiger partial charge < -0.3 is 86.7 Å². The number of esters is 1.